The number of rotatable bonds is 55. The van der Waals surface area contributed by atoms with E-state index in [9.17, 15) is 19.0 Å². The summed E-state index contributed by atoms with van der Waals surface area (Å²) < 4.78 is 34.1. The molecule has 0 aromatic heterocycles. The second-order valence-electron chi connectivity index (χ2n) is 21.3. The molecule has 82 heavy (non-hydrogen) atoms. The molecule has 0 N–H and O–H groups in total. The molecule has 0 aliphatic carbocycles. The lowest BCUT2D eigenvalue weighted by atomic mass is 10.0. The van der Waals surface area contributed by atoms with Crippen LogP contribution in [0.15, 0.2) is 182 Å². The first-order valence-corrected chi connectivity index (χ1v) is 33.0. The topological polar surface area (TPSA) is 111 Å². The van der Waals surface area contributed by atoms with Crippen molar-refractivity contribution in [3.8, 4) is 0 Å². The normalized spacial score (nSPS) is 14.5. The van der Waals surface area contributed by atoms with E-state index in [1.54, 1.807) is 0 Å². The van der Waals surface area contributed by atoms with Gasteiger partial charge in [0.2, 0.25) is 0 Å². The largest absolute Gasteiger partial charge is 0.756 e. The zero-order valence-corrected chi connectivity index (χ0v) is 53.0. The van der Waals surface area contributed by atoms with Crippen molar-refractivity contribution in [2.24, 2.45) is 0 Å². The molecule has 2 unspecified atom stereocenters. The molecule has 0 aliphatic rings. The lowest BCUT2D eigenvalue weighted by Gasteiger charge is -2.28. The van der Waals surface area contributed by atoms with Gasteiger partial charge in [0.15, 0.2) is 6.10 Å². The van der Waals surface area contributed by atoms with Gasteiger partial charge in [-0.2, -0.15) is 0 Å². The number of allylic oxidation sites excluding steroid dienone is 30. The molecule has 0 saturated carbocycles. The van der Waals surface area contributed by atoms with Crippen molar-refractivity contribution >= 4 is 19.8 Å². The molecule has 0 aromatic carbocycles. The summed E-state index contributed by atoms with van der Waals surface area (Å²) in [5, 5.41) is 0. The summed E-state index contributed by atoms with van der Waals surface area (Å²) in [6.45, 7) is 3.89. The zero-order chi connectivity index (χ0) is 59.8. The third kappa shape index (κ3) is 64.3. The fourth-order valence-electron chi connectivity index (χ4n) is 7.67. The molecule has 0 aliphatic heterocycles. The maximum Gasteiger partial charge on any atom is 0.306 e. The highest BCUT2D eigenvalue weighted by molar-refractivity contribution is 7.45. The number of phosphoric acid groups is 1. The maximum absolute atomic E-state index is 12.8. The zero-order valence-electron chi connectivity index (χ0n) is 52.1. The molecule has 0 saturated heterocycles. The third-order valence-corrected chi connectivity index (χ3v) is 13.4. The number of carbonyl (C=O) groups excluding carboxylic acids is 2. The summed E-state index contributed by atoms with van der Waals surface area (Å²) in [4.78, 5) is 37.9. The van der Waals surface area contributed by atoms with Gasteiger partial charge in [0.05, 0.1) is 27.7 Å². The van der Waals surface area contributed by atoms with Gasteiger partial charge in [-0.15, -0.1) is 0 Å². The third-order valence-electron chi connectivity index (χ3n) is 12.4. The highest BCUT2D eigenvalue weighted by Gasteiger charge is 2.21. The molecule has 460 valence electrons. The highest BCUT2D eigenvalue weighted by Crippen LogP contribution is 2.38. The molecule has 2 atom stereocenters. The standard InChI is InChI=1S/C72H114NO8P/c1-6-8-10-12-14-16-18-20-22-24-26-27-28-29-30-31-32-33-34-35-36-37-38-39-40-41-42-43-44-45-47-49-51-53-55-57-59-61-63-65-72(75)81-70(69-80-82(76,77)79-67-66-73(3,4)5)68-78-71(74)64-62-60-58-56-54-52-50-48-46-25-23-21-19-17-15-13-11-9-7-2/h8-11,14-17,20-23,26-27,29-30,32-33,35-36,38-39,41-42,46,48,52,54,58,60,70H,6-7,12-13,18-19,24-25,28,31,34,37,40,43-45,47,49-51,53,55-57,59,61-69H2,1-5H3/b10-8-,11-9-,16-14-,17-15-,22-20-,23-21-,27-26-,30-29-,33-32-,36-35-,39-38-,42-41-,48-46-,54-52-,60-58-. The van der Waals surface area contributed by atoms with E-state index in [0.29, 0.717) is 23.9 Å². The van der Waals surface area contributed by atoms with E-state index in [-0.39, 0.29) is 26.1 Å². The Morgan fingerprint density at radius 3 is 1.02 bits per heavy atom. The summed E-state index contributed by atoms with van der Waals surface area (Å²) in [5.74, 6) is -0.949. The van der Waals surface area contributed by atoms with Gasteiger partial charge in [-0.25, -0.2) is 0 Å². The number of esters is 2. The van der Waals surface area contributed by atoms with Crippen LogP contribution in [0.2, 0.25) is 0 Å². The van der Waals surface area contributed by atoms with E-state index in [1.165, 1.54) is 44.9 Å². The summed E-state index contributed by atoms with van der Waals surface area (Å²) >= 11 is 0. The first kappa shape index (κ1) is 77.1. The van der Waals surface area contributed by atoms with Crippen molar-refractivity contribution in [3.63, 3.8) is 0 Å². The number of hydrogen-bond acceptors (Lipinski definition) is 8. The molecule has 0 rings (SSSR count). The van der Waals surface area contributed by atoms with Crippen LogP contribution in [0.25, 0.3) is 0 Å². The number of nitrogens with zero attached hydrogens (tertiary/aromatic N) is 1. The Morgan fingerprint density at radius 2 is 0.683 bits per heavy atom. The predicted octanol–water partition coefficient (Wildman–Crippen LogP) is 19.7. The van der Waals surface area contributed by atoms with E-state index in [1.807, 2.05) is 33.3 Å². The van der Waals surface area contributed by atoms with E-state index in [2.05, 4.69) is 184 Å². The van der Waals surface area contributed by atoms with Crippen LogP contribution in [0.1, 0.15) is 206 Å². The average Bonchev–Trinajstić information content (AvgIpc) is 3.46. The molecule has 10 heteroatoms. The number of phosphoric ester groups is 1. The molecule has 0 aromatic rings. The molecule has 0 spiro atoms. The quantitative estimate of drug-likeness (QED) is 0.0195. The second kappa shape index (κ2) is 60.7. The van der Waals surface area contributed by atoms with Crippen molar-refractivity contribution in [2.45, 2.75) is 213 Å². The van der Waals surface area contributed by atoms with Crippen LogP contribution in [0.3, 0.4) is 0 Å². The highest BCUT2D eigenvalue weighted by atomic mass is 31.2. The molecule has 0 amide bonds. The first-order chi connectivity index (χ1) is 40.0. The van der Waals surface area contributed by atoms with Crippen LogP contribution < -0.4 is 4.89 Å². The Kier molecular flexibility index (Phi) is 57.1. The Labute approximate surface area is 501 Å². The van der Waals surface area contributed by atoms with Crippen molar-refractivity contribution in [2.75, 3.05) is 47.5 Å². The Bertz CT molecular complexity index is 2030. The van der Waals surface area contributed by atoms with Crippen molar-refractivity contribution < 1.29 is 42.1 Å². The molecule has 0 radical (unpaired) electrons. The van der Waals surface area contributed by atoms with Crippen LogP contribution in [-0.2, 0) is 32.7 Å². The minimum absolute atomic E-state index is 0.0525. The molecule has 0 bridgehead atoms. The molecular formula is C72H114NO8P. The van der Waals surface area contributed by atoms with Gasteiger partial charge in [-0.1, -0.05) is 254 Å². The van der Waals surface area contributed by atoms with Gasteiger partial charge in [-0.3, -0.25) is 14.2 Å². The molecule has 0 fully saturated rings. The van der Waals surface area contributed by atoms with Gasteiger partial charge in [0.25, 0.3) is 7.82 Å². The SMILES string of the molecule is CC/C=C\C/C=C\C/C=C\C/C=C\C/C=C\C/C=C\C/C=C\C/C=C\C/C=C\CCCCCCCCCCCCCC(=O)OC(COC(=O)CC/C=C\C/C=C\C/C=C\C/C=C\C/C=C\C/C=C\CC)COP(=O)([O-])OCC[N+](C)(C)C. The van der Waals surface area contributed by atoms with Gasteiger partial charge in [0.1, 0.15) is 19.8 Å². The maximum atomic E-state index is 12.8. The number of hydrogen-bond donors (Lipinski definition) is 0. The summed E-state index contributed by atoms with van der Waals surface area (Å²) in [7, 11) is 1.10. The van der Waals surface area contributed by atoms with Crippen LogP contribution in [-0.4, -0.2) is 70.0 Å². The Morgan fingerprint density at radius 1 is 0.378 bits per heavy atom. The number of likely N-dealkylation sites (N-methyl/N-ethyl adjacent to an activating group) is 1. The van der Waals surface area contributed by atoms with E-state index in [0.717, 1.165) is 122 Å². The van der Waals surface area contributed by atoms with Crippen molar-refractivity contribution in [3.05, 3.63) is 182 Å². The predicted molar refractivity (Wildman–Crippen MR) is 350 cm³/mol. The minimum atomic E-state index is -4.67. The van der Waals surface area contributed by atoms with Crippen LogP contribution in [0.4, 0.5) is 0 Å². The molecule has 9 nitrogen and oxygen atoms in total. The fourth-order valence-corrected chi connectivity index (χ4v) is 8.40. The van der Waals surface area contributed by atoms with Crippen molar-refractivity contribution in [1.29, 1.82) is 0 Å². The van der Waals surface area contributed by atoms with Crippen LogP contribution >= 0.6 is 7.82 Å². The average molecular weight is 1150 g/mol. The van der Waals surface area contributed by atoms with Gasteiger partial charge < -0.3 is 27.9 Å². The van der Waals surface area contributed by atoms with Gasteiger partial charge in [-0.05, 0) is 122 Å². The van der Waals surface area contributed by atoms with E-state index >= 15 is 0 Å². The second-order valence-corrected chi connectivity index (χ2v) is 22.7. The first-order valence-electron chi connectivity index (χ1n) is 31.5. The Balaban J connectivity index is 4.19. The lowest BCUT2D eigenvalue weighted by molar-refractivity contribution is -0.870. The lowest BCUT2D eigenvalue weighted by Crippen LogP contribution is -2.37. The number of quaternary nitrogens is 1. The number of unbranched alkanes of at least 4 members (excludes halogenated alkanes) is 11. The van der Waals surface area contributed by atoms with Crippen LogP contribution in [0.5, 0.6) is 0 Å². The molecular weight excluding hydrogens is 1040 g/mol. The van der Waals surface area contributed by atoms with Crippen LogP contribution in [0, 0.1) is 0 Å². The fraction of sp³-hybridized carbons (Fsp3) is 0.556. The summed E-state index contributed by atoms with van der Waals surface area (Å²) in [6, 6.07) is 0. The monoisotopic (exact) mass is 1150 g/mol. The van der Waals surface area contributed by atoms with E-state index in [4.69, 9.17) is 18.5 Å². The number of ether oxygens (including phenoxy) is 2. The summed E-state index contributed by atoms with van der Waals surface area (Å²) in [5.41, 5.74) is 0. The van der Waals surface area contributed by atoms with Gasteiger partial charge in [0, 0.05) is 12.8 Å². The minimum Gasteiger partial charge on any atom is -0.756 e. The van der Waals surface area contributed by atoms with E-state index < -0.39 is 32.5 Å². The van der Waals surface area contributed by atoms with Gasteiger partial charge >= 0.3 is 11.9 Å². The number of carbonyl (C=O) groups is 2. The smallest absolute Gasteiger partial charge is 0.306 e. The Hall–Kier alpha value is -4.89. The molecule has 0 heterocycles. The van der Waals surface area contributed by atoms with Crippen molar-refractivity contribution in [1.82, 2.24) is 0 Å². The summed E-state index contributed by atoms with van der Waals surface area (Å²) in [6.07, 6.45) is 94.0.